The molecule has 0 aliphatic carbocycles. The van der Waals surface area contributed by atoms with Crippen LogP contribution in [0.1, 0.15) is 18.1 Å². The molecule has 1 aromatic heterocycles. The van der Waals surface area contributed by atoms with Crippen LogP contribution >= 0.6 is 11.6 Å². The number of benzene rings is 1. The lowest BCUT2D eigenvalue weighted by Crippen LogP contribution is -2.18. The van der Waals surface area contributed by atoms with E-state index in [4.69, 9.17) is 11.6 Å². The summed E-state index contributed by atoms with van der Waals surface area (Å²) in [5.41, 5.74) is 2.08. The van der Waals surface area contributed by atoms with E-state index >= 15 is 0 Å². The molecule has 90 valence electrons. The monoisotopic (exact) mass is 252 g/mol. The standard InChI is InChI=1S/C12H13ClN2O2/c13-4-3-11(16)12(17)8-1-2-9-10(7-8)15-6-5-14-9/h1-2,5-7,11-12,16-17H,3-4H2. The van der Waals surface area contributed by atoms with Gasteiger partial charge in [0.2, 0.25) is 0 Å². The van der Waals surface area contributed by atoms with Crippen LogP contribution in [0, 0.1) is 0 Å². The van der Waals surface area contributed by atoms with Gasteiger partial charge in [0.15, 0.2) is 0 Å². The Balaban J connectivity index is 2.29. The van der Waals surface area contributed by atoms with Gasteiger partial charge in [-0.3, -0.25) is 9.97 Å². The van der Waals surface area contributed by atoms with Crippen LogP contribution in [-0.2, 0) is 0 Å². The molecule has 0 spiro atoms. The molecule has 2 atom stereocenters. The highest BCUT2D eigenvalue weighted by Gasteiger charge is 2.18. The third kappa shape index (κ3) is 2.72. The molecule has 0 bridgehead atoms. The Labute approximate surface area is 104 Å². The Morgan fingerprint density at radius 1 is 1.12 bits per heavy atom. The number of hydrogen-bond donors (Lipinski definition) is 2. The average Bonchev–Trinajstić information content (AvgIpc) is 2.37. The van der Waals surface area contributed by atoms with Crippen molar-refractivity contribution in [3.05, 3.63) is 36.2 Å². The Hall–Kier alpha value is -1.23. The summed E-state index contributed by atoms with van der Waals surface area (Å²) in [6.07, 6.45) is 1.75. The van der Waals surface area contributed by atoms with E-state index < -0.39 is 12.2 Å². The van der Waals surface area contributed by atoms with Gasteiger partial charge >= 0.3 is 0 Å². The van der Waals surface area contributed by atoms with Gasteiger partial charge in [-0.15, -0.1) is 11.6 Å². The molecule has 4 nitrogen and oxygen atoms in total. The fourth-order valence-corrected chi connectivity index (χ4v) is 1.88. The lowest BCUT2D eigenvalue weighted by Gasteiger charge is -2.17. The van der Waals surface area contributed by atoms with Gasteiger partial charge in [-0.2, -0.15) is 0 Å². The molecule has 0 fully saturated rings. The van der Waals surface area contributed by atoms with E-state index in [1.54, 1.807) is 30.6 Å². The number of aliphatic hydroxyl groups is 2. The van der Waals surface area contributed by atoms with Gasteiger partial charge in [0, 0.05) is 18.3 Å². The van der Waals surface area contributed by atoms with Gasteiger partial charge < -0.3 is 10.2 Å². The van der Waals surface area contributed by atoms with Crippen LogP contribution in [0.4, 0.5) is 0 Å². The Morgan fingerprint density at radius 3 is 2.53 bits per heavy atom. The van der Waals surface area contributed by atoms with Crippen molar-refractivity contribution >= 4 is 22.6 Å². The predicted molar refractivity (Wildman–Crippen MR) is 65.8 cm³/mol. The SMILES string of the molecule is OC(CCCl)C(O)c1ccc2nccnc2c1. The molecule has 2 aromatic rings. The van der Waals surface area contributed by atoms with Crippen molar-refractivity contribution in [2.24, 2.45) is 0 Å². The molecule has 0 saturated carbocycles. The smallest absolute Gasteiger partial charge is 0.105 e. The van der Waals surface area contributed by atoms with Crippen molar-refractivity contribution in [2.45, 2.75) is 18.6 Å². The number of alkyl halides is 1. The summed E-state index contributed by atoms with van der Waals surface area (Å²) >= 11 is 5.53. The Morgan fingerprint density at radius 2 is 1.82 bits per heavy atom. The quantitative estimate of drug-likeness (QED) is 0.812. The minimum atomic E-state index is -0.944. The van der Waals surface area contributed by atoms with Crippen LogP contribution in [0.5, 0.6) is 0 Å². The second-order valence-corrected chi connectivity index (χ2v) is 4.17. The molecule has 1 aromatic carbocycles. The topological polar surface area (TPSA) is 66.2 Å². The maximum atomic E-state index is 9.92. The van der Waals surface area contributed by atoms with E-state index in [2.05, 4.69) is 9.97 Å². The van der Waals surface area contributed by atoms with Crippen LogP contribution in [0.25, 0.3) is 11.0 Å². The minimum Gasteiger partial charge on any atom is -0.390 e. The van der Waals surface area contributed by atoms with Crippen molar-refractivity contribution in [1.82, 2.24) is 9.97 Å². The highest BCUT2D eigenvalue weighted by Crippen LogP contribution is 2.22. The van der Waals surface area contributed by atoms with Crippen molar-refractivity contribution in [2.75, 3.05) is 5.88 Å². The summed E-state index contributed by atoms with van der Waals surface area (Å²) in [7, 11) is 0. The molecule has 2 N–H and O–H groups in total. The Bertz CT molecular complexity index is 507. The van der Waals surface area contributed by atoms with Gasteiger partial charge in [-0.1, -0.05) is 6.07 Å². The molecule has 5 heteroatoms. The third-order valence-corrected chi connectivity index (χ3v) is 2.82. The average molecular weight is 253 g/mol. The van der Waals surface area contributed by atoms with Crippen LogP contribution in [0.3, 0.4) is 0 Å². The summed E-state index contributed by atoms with van der Waals surface area (Å²) < 4.78 is 0. The number of aromatic nitrogens is 2. The number of rotatable bonds is 4. The molecule has 2 rings (SSSR count). The molecular formula is C12H13ClN2O2. The maximum Gasteiger partial charge on any atom is 0.105 e. The number of fused-ring (bicyclic) bond motifs is 1. The molecule has 17 heavy (non-hydrogen) atoms. The summed E-state index contributed by atoms with van der Waals surface area (Å²) in [5.74, 6) is 0.311. The van der Waals surface area contributed by atoms with Gasteiger partial charge in [-0.25, -0.2) is 0 Å². The van der Waals surface area contributed by atoms with E-state index in [-0.39, 0.29) is 0 Å². The zero-order valence-electron chi connectivity index (χ0n) is 9.12. The fourth-order valence-electron chi connectivity index (χ4n) is 1.66. The third-order valence-electron chi connectivity index (χ3n) is 2.60. The molecule has 0 radical (unpaired) electrons. The number of hydrogen-bond acceptors (Lipinski definition) is 4. The van der Waals surface area contributed by atoms with E-state index in [0.29, 0.717) is 23.4 Å². The van der Waals surface area contributed by atoms with Crippen LogP contribution < -0.4 is 0 Å². The molecular weight excluding hydrogens is 240 g/mol. The summed E-state index contributed by atoms with van der Waals surface area (Å²) in [4.78, 5) is 8.28. The highest BCUT2D eigenvalue weighted by atomic mass is 35.5. The Kier molecular flexibility index (Phi) is 3.89. The second kappa shape index (κ2) is 5.40. The fraction of sp³-hybridized carbons (Fsp3) is 0.333. The van der Waals surface area contributed by atoms with Gasteiger partial charge in [-0.05, 0) is 24.1 Å². The predicted octanol–water partition coefficient (Wildman–Crippen LogP) is 1.65. The first-order chi connectivity index (χ1) is 8.22. The van der Waals surface area contributed by atoms with Crippen molar-refractivity contribution < 1.29 is 10.2 Å². The van der Waals surface area contributed by atoms with Gasteiger partial charge in [0.25, 0.3) is 0 Å². The van der Waals surface area contributed by atoms with Crippen LogP contribution in [0.2, 0.25) is 0 Å². The van der Waals surface area contributed by atoms with Crippen molar-refractivity contribution in [3.8, 4) is 0 Å². The van der Waals surface area contributed by atoms with E-state index in [1.165, 1.54) is 0 Å². The minimum absolute atomic E-state index is 0.311. The van der Waals surface area contributed by atoms with Crippen molar-refractivity contribution in [1.29, 1.82) is 0 Å². The number of aliphatic hydroxyl groups excluding tert-OH is 2. The lowest BCUT2D eigenvalue weighted by molar-refractivity contribution is 0.0171. The van der Waals surface area contributed by atoms with E-state index in [0.717, 1.165) is 5.52 Å². The van der Waals surface area contributed by atoms with E-state index in [1.807, 2.05) is 0 Å². The molecule has 1 heterocycles. The molecule has 0 saturated heterocycles. The van der Waals surface area contributed by atoms with Crippen LogP contribution in [-0.4, -0.2) is 32.2 Å². The summed E-state index contributed by atoms with van der Waals surface area (Å²) in [6.45, 7) is 0. The first kappa shape index (κ1) is 12.2. The molecule has 0 amide bonds. The zero-order chi connectivity index (χ0) is 12.3. The first-order valence-electron chi connectivity index (χ1n) is 5.35. The zero-order valence-corrected chi connectivity index (χ0v) is 9.88. The van der Waals surface area contributed by atoms with Gasteiger partial charge in [0.1, 0.15) is 6.10 Å². The number of halogens is 1. The molecule has 2 unspecified atom stereocenters. The van der Waals surface area contributed by atoms with Gasteiger partial charge in [0.05, 0.1) is 17.1 Å². The van der Waals surface area contributed by atoms with Crippen molar-refractivity contribution in [3.63, 3.8) is 0 Å². The molecule has 0 aliphatic heterocycles. The largest absolute Gasteiger partial charge is 0.390 e. The number of nitrogens with zero attached hydrogens (tertiary/aromatic N) is 2. The highest BCUT2D eigenvalue weighted by molar-refractivity contribution is 6.17. The van der Waals surface area contributed by atoms with Crippen LogP contribution in [0.15, 0.2) is 30.6 Å². The lowest BCUT2D eigenvalue weighted by atomic mass is 10.0. The normalized spacial score (nSPS) is 14.8. The van der Waals surface area contributed by atoms with E-state index in [9.17, 15) is 10.2 Å². The summed E-state index contributed by atoms with van der Waals surface area (Å²) in [6, 6.07) is 5.23. The second-order valence-electron chi connectivity index (χ2n) is 3.79. The molecule has 0 aliphatic rings. The maximum absolute atomic E-state index is 9.92. The summed E-state index contributed by atoms with van der Waals surface area (Å²) in [5, 5.41) is 19.6. The first-order valence-corrected chi connectivity index (χ1v) is 5.88.